The van der Waals surface area contributed by atoms with Gasteiger partial charge in [-0.05, 0) is 67.7 Å². The van der Waals surface area contributed by atoms with Crippen LogP contribution in [0.5, 0.6) is 5.75 Å². The predicted molar refractivity (Wildman–Crippen MR) is 177 cm³/mol. The number of nitrogens with one attached hydrogen (secondary N) is 2. The van der Waals surface area contributed by atoms with Gasteiger partial charge in [-0.1, -0.05) is 56.6 Å². The first-order valence-corrected chi connectivity index (χ1v) is 16.5. The summed E-state index contributed by atoms with van der Waals surface area (Å²) in [5.74, 6) is -2.70. The summed E-state index contributed by atoms with van der Waals surface area (Å²) in [6.07, 6.45) is 0.718. The number of benzene rings is 2. The molecule has 48 heavy (non-hydrogen) atoms. The number of ether oxygens (including phenoxy) is 4. The second-order valence-corrected chi connectivity index (χ2v) is 13.8. The Hall–Kier alpha value is -3.96. The lowest BCUT2D eigenvalue weighted by atomic mass is 9.92. The number of rotatable bonds is 8. The second kappa shape index (κ2) is 16.0. The summed E-state index contributed by atoms with van der Waals surface area (Å²) in [4.78, 5) is 53.6. The van der Waals surface area contributed by atoms with Crippen LogP contribution in [0.4, 0.5) is 4.39 Å². The quantitative estimate of drug-likeness (QED) is 0.284. The number of hydrogen-bond donors (Lipinski definition) is 2. The molecule has 4 rings (SSSR count). The molecule has 2 aliphatic heterocycles. The molecule has 6 atom stereocenters. The van der Waals surface area contributed by atoms with E-state index in [1.807, 2.05) is 20.8 Å². The van der Waals surface area contributed by atoms with Gasteiger partial charge in [0.15, 0.2) is 6.10 Å². The molecule has 0 unspecified atom stereocenters. The molecule has 12 heteroatoms. The lowest BCUT2D eigenvalue weighted by molar-refractivity contribution is -0.179. The fraction of sp³-hybridized carbons (Fsp3) is 0.500. The molecule has 1 saturated heterocycles. The first kappa shape index (κ1) is 36.9. The Balaban J connectivity index is 1.61. The third-order valence-electron chi connectivity index (χ3n) is 8.48. The summed E-state index contributed by atoms with van der Waals surface area (Å²) in [5, 5.41) is 5.85. The standard InChI is InChI=1S/C36H44ClFN2O8/c1-20(2)16-29-34(43)46-27(21(3)31-32(48-31)23-11-13-24(38)14-12-23)8-7-9-30(41)40-26(18-22-10-15-28(45-6)25(37)17-22)33(42)39-19-36(4,5)35(44)47-29/h7,9-15,17,20-21,26-27,29,31-32H,8,16,18-19H2,1-6H3,(H,39,42)(H,40,41)/b9-7+/t21-,26+,27-,29-,31+,32+/m0/s1. The van der Waals surface area contributed by atoms with E-state index in [1.54, 1.807) is 50.3 Å². The first-order valence-electron chi connectivity index (χ1n) is 16.1. The van der Waals surface area contributed by atoms with Gasteiger partial charge in [0.2, 0.25) is 11.8 Å². The van der Waals surface area contributed by atoms with Crippen LogP contribution in [0.3, 0.4) is 0 Å². The molecule has 1 fully saturated rings. The molecule has 2 aromatic rings. The maximum Gasteiger partial charge on any atom is 0.347 e. The summed E-state index contributed by atoms with van der Waals surface area (Å²) in [6, 6.07) is 10.1. The zero-order valence-electron chi connectivity index (χ0n) is 28.1. The smallest absolute Gasteiger partial charge is 0.347 e. The molecule has 0 aliphatic carbocycles. The van der Waals surface area contributed by atoms with Crippen molar-refractivity contribution in [1.82, 2.24) is 10.6 Å². The van der Waals surface area contributed by atoms with Crippen molar-refractivity contribution >= 4 is 35.4 Å². The van der Waals surface area contributed by atoms with Crippen molar-refractivity contribution in [1.29, 1.82) is 0 Å². The van der Waals surface area contributed by atoms with Gasteiger partial charge >= 0.3 is 11.9 Å². The molecule has 0 saturated carbocycles. The number of halogens is 2. The second-order valence-electron chi connectivity index (χ2n) is 13.4. The van der Waals surface area contributed by atoms with E-state index in [9.17, 15) is 23.6 Å². The van der Waals surface area contributed by atoms with Gasteiger partial charge < -0.3 is 29.6 Å². The van der Waals surface area contributed by atoms with E-state index in [0.717, 1.165) is 5.56 Å². The zero-order chi connectivity index (χ0) is 35.2. The van der Waals surface area contributed by atoms with E-state index in [-0.39, 0.29) is 55.7 Å². The van der Waals surface area contributed by atoms with Crippen LogP contribution in [-0.4, -0.2) is 61.8 Å². The maximum absolute atomic E-state index is 13.6. The predicted octanol–water partition coefficient (Wildman–Crippen LogP) is 5.26. The minimum atomic E-state index is -1.23. The number of hydrogen-bond acceptors (Lipinski definition) is 8. The number of cyclic esters (lactones) is 2. The van der Waals surface area contributed by atoms with Gasteiger partial charge in [0, 0.05) is 25.3 Å². The summed E-state index contributed by atoms with van der Waals surface area (Å²) < 4.78 is 36.4. The van der Waals surface area contributed by atoms with Crippen LogP contribution >= 0.6 is 11.6 Å². The minimum absolute atomic E-state index is 0.00920. The summed E-state index contributed by atoms with van der Waals surface area (Å²) >= 11 is 6.31. The molecule has 0 spiro atoms. The third-order valence-corrected chi connectivity index (χ3v) is 8.77. The van der Waals surface area contributed by atoms with Gasteiger partial charge in [-0.25, -0.2) is 9.18 Å². The normalized spacial score (nSPS) is 26.5. The van der Waals surface area contributed by atoms with Crippen molar-refractivity contribution in [3.63, 3.8) is 0 Å². The van der Waals surface area contributed by atoms with Gasteiger partial charge in [-0.3, -0.25) is 14.4 Å². The number of carbonyl (C=O) groups excluding carboxylic acids is 4. The first-order chi connectivity index (χ1) is 22.7. The monoisotopic (exact) mass is 686 g/mol. The molecular formula is C36H44ClFN2O8. The average molecular weight is 687 g/mol. The Kier molecular flexibility index (Phi) is 12.3. The Bertz CT molecular complexity index is 1510. The minimum Gasteiger partial charge on any atom is -0.495 e. The van der Waals surface area contributed by atoms with E-state index < -0.39 is 47.4 Å². The van der Waals surface area contributed by atoms with E-state index in [0.29, 0.717) is 16.3 Å². The molecule has 10 nitrogen and oxygen atoms in total. The van der Waals surface area contributed by atoms with E-state index in [2.05, 4.69) is 10.6 Å². The third kappa shape index (κ3) is 9.79. The van der Waals surface area contributed by atoms with Crippen LogP contribution in [0.1, 0.15) is 64.7 Å². The highest BCUT2D eigenvalue weighted by atomic mass is 35.5. The lowest BCUT2D eigenvalue weighted by Crippen LogP contribution is -2.51. The summed E-state index contributed by atoms with van der Waals surface area (Å²) in [7, 11) is 1.49. The Labute approximate surface area is 285 Å². The van der Waals surface area contributed by atoms with Crippen molar-refractivity contribution in [2.75, 3.05) is 13.7 Å². The van der Waals surface area contributed by atoms with Crippen molar-refractivity contribution in [2.45, 2.75) is 84.3 Å². The molecule has 260 valence electrons. The maximum atomic E-state index is 13.6. The van der Waals surface area contributed by atoms with Crippen LogP contribution in [0.25, 0.3) is 0 Å². The van der Waals surface area contributed by atoms with E-state index in [1.165, 1.54) is 25.3 Å². The summed E-state index contributed by atoms with van der Waals surface area (Å²) in [5.41, 5.74) is 0.242. The fourth-order valence-electron chi connectivity index (χ4n) is 5.47. The Morgan fingerprint density at radius 1 is 1.04 bits per heavy atom. The SMILES string of the molecule is COc1ccc(C[C@H]2NC(=O)/C=C/C[C@@H]([C@H](C)[C@H]3O[C@@H]3c3ccc(F)cc3)OC(=O)[C@H](CC(C)C)OC(=O)C(C)(C)CNC2=O)cc1Cl. The number of esters is 2. The topological polar surface area (TPSA) is 133 Å². The average Bonchev–Trinajstić information content (AvgIpc) is 3.83. The van der Waals surface area contributed by atoms with Gasteiger partial charge in [0.1, 0.15) is 29.8 Å². The molecule has 2 heterocycles. The highest BCUT2D eigenvalue weighted by molar-refractivity contribution is 6.32. The number of methoxy groups -OCH3 is 1. The van der Waals surface area contributed by atoms with Crippen LogP contribution in [0.15, 0.2) is 54.6 Å². The van der Waals surface area contributed by atoms with Crippen LogP contribution < -0.4 is 15.4 Å². The molecule has 2 aromatic carbocycles. The zero-order valence-corrected chi connectivity index (χ0v) is 28.8. The lowest BCUT2D eigenvalue weighted by Gasteiger charge is -2.29. The van der Waals surface area contributed by atoms with Gasteiger partial charge in [-0.15, -0.1) is 0 Å². The van der Waals surface area contributed by atoms with Crippen LogP contribution in [-0.2, 0) is 39.8 Å². The summed E-state index contributed by atoms with van der Waals surface area (Å²) in [6.45, 7) is 8.74. The number of amides is 2. The van der Waals surface area contributed by atoms with Crippen molar-refractivity contribution in [3.05, 3.63) is 76.6 Å². The highest BCUT2D eigenvalue weighted by Crippen LogP contribution is 2.45. The highest BCUT2D eigenvalue weighted by Gasteiger charge is 2.48. The molecule has 0 radical (unpaired) electrons. The van der Waals surface area contributed by atoms with Crippen molar-refractivity contribution < 1.29 is 42.5 Å². The van der Waals surface area contributed by atoms with Crippen molar-refractivity contribution in [3.8, 4) is 5.75 Å². The van der Waals surface area contributed by atoms with E-state index >= 15 is 0 Å². The van der Waals surface area contributed by atoms with E-state index in [4.69, 9.17) is 30.5 Å². The Morgan fingerprint density at radius 3 is 2.40 bits per heavy atom. The molecule has 2 amide bonds. The molecule has 2 aliphatic rings. The van der Waals surface area contributed by atoms with Gasteiger partial charge in [0.25, 0.3) is 0 Å². The van der Waals surface area contributed by atoms with Gasteiger partial charge in [0.05, 0.1) is 23.7 Å². The van der Waals surface area contributed by atoms with Crippen LogP contribution in [0, 0.1) is 23.1 Å². The van der Waals surface area contributed by atoms with Gasteiger partial charge in [-0.2, -0.15) is 0 Å². The fourth-order valence-corrected chi connectivity index (χ4v) is 5.75. The largest absolute Gasteiger partial charge is 0.495 e. The Morgan fingerprint density at radius 2 is 1.75 bits per heavy atom. The molecular weight excluding hydrogens is 643 g/mol. The number of carbonyl (C=O) groups is 4. The number of epoxide rings is 1. The molecule has 0 bridgehead atoms. The molecule has 0 aromatic heterocycles. The van der Waals surface area contributed by atoms with Crippen LogP contribution in [0.2, 0.25) is 5.02 Å². The van der Waals surface area contributed by atoms with Crippen molar-refractivity contribution in [2.24, 2.45) is 17.3 Å². The molecule has 2 N–H and O–H groups in total.